The van der Waals surface area contributed by atoms with Gasteiger partial charge in [0.25, 0.3) is 5.91 Å². The van der Waals surface area contributed by atoms with Crippen molar-refractivity contribution in [1.29, 1.82) is 0 Å². The number of amides is 1. The Morgan fingerprint density at radius 1 is 1.40 bits per heavy atom. The van der Waals surface area contributed by atoms with Crippen LogP contribution in [0, 0.1) is 5.92 Å². The zero-order valence-corrected chi connectivity index (χ0v) is 8.31. The lowest BCUT2D eigenvalue weighted by molar-refractivity contribution is -0.169. The number of aliphatic hydroxyl groups is 1. The number of nitrogens with one attached hydrogen (secondary N) is 1. The van der Waals surface area contributed by atoms with Crippen molar-refractivity contribution in [3.05, 3.63) is 0 Å². The summed E-state index contributed by atoms with van der Waals surface area (Å²) >= 11 is 0. The van der Waals surface area contributed by atoms with E-state index in [-0.39, 0.29) is 5.92 Å². The van der Waals surface area contributed by atoms with Crippen molar-refractivity contribution in [3.63, 3.8) is 0 Å². The predicted octanol–water partition coefficient (Wildman–Crippen LogP) is 1.02. The molecule has 90 valence electrons. The lowest BCUT2D eigenvalue weighted by atomic mass is 10.1. The molecule has 1 unspecified atom stereocenters. The van der Waals surface area contributed by atoms with E-state index in [1.54, 1.807) is 19.2 Å². The zero-order valence-electron chi connectivity index (χ0n) is 8.31. The minimum absolute atomic E-state index is 0.259. The summed E-state index contributed by atoms with van der Waals surface area (Å²) in [6, 6.07) is 0. The molecule has 0 rings (SSSR count). The van der Waals surface area contributed by atoms with Gasteiger partial charge in [0.1, 0.15) is 0 Å². The second-order valence-electron chi connectivity index (χ2n) is 3.45. The van der Waals surface area contributed by atoms with E-state index in [1.165, 1.54) is 0 Å². The maximum Gasteiger partial charge on any atom is 0.383 e. The van der Waals surface area contributed by atoms with E-state index in [2.05, 4.69) is 0 Å². The van der Waals surface area contributed by atoms with Crippen LogP contribution in [0.3, 0.4) is 0 Å². The zero-order chi connectivity index (χ0) is 12.2. The van der Waals surface area contributed by atoms with Crippen LogP contribution in [-0.2, 0) is 4.79 Å². The number of carbonyl (C=O) groups excluding carboxylic acids is 1. The minimum Gasteiger partial charge on any atom is -0.391 e. The molecule has 0 saturated carbocycles. The van der Waals surface area contributed by atoms with Crippen molar-refractivity contribution in [2.45, 2.75) is 32.3 Å². The summed E-state index contributed by atoms with van der Waals surface area (Å²) in [5.41, 5.74) is 0. The van der Waals surface area contributed by atoms with Crippen LogP contribution in [-0.4, -0.2) is 36.0 Å². The topological polar surface area (TPSA) is 49.3 Å². The first-order valence-electron chi connectivity index (χ1n) is 4.32. The molecule has 0 aliphatic heterocycles. The monoisotopic (exact) mass is 231 g/mol. The molecule has 15 heavy (non-hydrogen) atoms. The third kappa shape index (κ3) is 4.03. The van der Waals surface area contributed by atoms with Crippen molar-refractivity contribution in [2.24, 2.45) is 5.92 Å². The van der Waals surface area contributed by atoms with Crippen molar-refractivity contribution < 1.29 is 27.5 Å². The highest BCUT2D eigenvalue weighted by molar-refractivity contribution is 5.83. The third-order valence-electron chi connectivity index (χ3n) is 1.82. The molecule has 0 aromatic rings. The van der Waals surface area contributed by atoms with Crippen LogP contribution in [0.1, 0.15) is 13.8 Å². The first-order chi connectivity index (χ1) is 6.69. The SMILES string of the molecule is CC(C)C(O)CNC(=O)C(F)(F)C(F)F. The minimum atomic E-state index is -4.71. The predicted molar refractivity (Wildman–Crippen MR) is 44.8 cm³/mol. The van der Waals surface area contributed by atoms with Gasteiger partial charge >= 0.3 is 12.3 Å². The molecule has 1 amide bonds. The standard InChI is InChI=1S/C8H13F4NO2/c1-4(2)5(14)3-13-7(15)8(11,12)6(9)10/h4-6,14H,3H2,1-2H3,(H,13,15). The molecule has 0 aromatic heterocycles. The van der Waals surface area contributed by atoms with E-state index in [0.29, 0.717) is 0 Å². The summed E-state index contributed by atoms with van der Waals surface area (Å²) in [7, 11) is 0. The molecular weight excluding hydrogens is 218 g/mol. The Morgan fingerprint density at radius 2 is 1.87 bits per heavy atom. The Bertz CT molecular complexity index is 221. The molecule has 0 aromatic carbocycles. The van der Waals surface area contributed by atoms with Crippen LogP contribution in [0.2, 0.25) is 0 Å². The maximum absolute atomic E-state index is 12.3. The summed E-state index contributed by atoms with van der Waals surface area (Å²) in [6.45, 7) is 2.73. The lowest BCUT2D eigenvalue weighted by Crippen LogP contribution is -2.47. The van der Waals surface area contributed by atoms with Gasteiger partial charge in [0.15, 0.2) is 0 Å². The van der Waals surface area contributed by atoms with Gasteiger partial charge in [-0.2, -0.15) is 8.78 Å². The van der Waals surface area contributed by atoms with Gasteiger partial charge in [-0.15, -0.1) is 0 Å². The van der Waals surface area contributed by atoms with E-state index in [1.807, 2.05) is 0 Å². The van der Waals surface area contributed by atoms with E-state index in [9.17, 15) is 22.4 Å². The van der Waals surface area contributed by atoms with Crippen molar-refractivity contribution >= 4 is 5.91 Å². The van der Waals surface area contributed by atoms with Gasteiger partial charge in [-0.1, -0.05) is 13.8 Å². The van der Waals surface area contributed by atoms with Crippen molar-refractivity contribution in [2.75, 3.05) is 6.54 Å². The van der Waals surface area contributed by atoms with Crippen molar-refractivity contribution in [3.8, 4) is 0 Å². The molecule has 0 aliphatic rings. The summed E-state index contributed by atoms with van der Waals surface area (Å²) < 4.78 is 48.0. The smallest absolute Gasteiger partial charge is 0.383 e. The number of rotatable bonds is 5. The Morgan fingerprint density at radius 3 is 2.20 bits per heavy atom. The fraction of sp³-hybridized carbons (Fsp3) is 0.875. The number of alkyl halides is 4. The number of hydrogen-bond acceptors (Lipinski definition) is 2. The Kier molecular flexibility index (Phi) is 4.99. The highest BCUT2D eigenvalue weighted by atomic mass is 19.3. The molecule has 1 atom stereocenters. The number of carbonyl (C=O) groups is 1. The Labute approximate surface area is 84.5 Å². The average Bonchev–Trinajstić information content (AvgIpc) is 2.12. The van der Waals surface area contributed by atoms with Crippen LogP contribution in [0.5, 0.6) is 0 Å². The Balaban J connectivity index is 4.15. The molecule has 7 heteroatoms. The van der Waals surface area contributed by atoms with E-state index < -0.39 is 30.9 Å². The van der Waals surface area contributed by atoms with Gasteiger partial charge in [0.05, 0.1) is 6.10 Å². The molecule has 0 saturated heterocycles. The lowest BCUT2D eigenvalue weighted by Gasteiger charge is -2.18. The van der Waals surface area contributed by atoms with Gasteiger partial charge < -0.3 is 10.4 Å². The van der Waals surface area contributed by atoms with Gasteiger partial charge in [0, 0.05) is 6.54 Å². The molecule has 0 bridgehead atoms. The highest BCUT2D eigenvalue weighted by Gasteiger charge is 2.48. The summed E-state index contributed by atoms with van der Waals surface area (Å²) in [4.78, 5) is 10.6. The normalized spacial score (nSPS) is 14.5. The van der Waals surface area contributed by atoms with Crippen LogP contribution in [0.15, 0.2) is 0 Å². The van der Waals surface area contributed by atoms with Crippen molar-refractivity contribution in [1.82, 2.24) is 5.32 Å². The van der Waals surface area contributed by atoms with Crippen LogP contribution in [0.4, 0.5) is 17.6 Å². The van der Waals surface area contributed by atoms with E-state index in [4.69, 9.17) is 5.11 Å². The highest BCUT2D eigenvalue weighted by Crippen LogP contribution is 2.22. The second kappa shape index (κ2) is 5.29. The second-order valence-corrected chi connectivity index (χ2v) is 3.45. The fourth-order valence-corrected chi connectivity index (χ4v) is 0.650. The first-order valence-corrected chi connectivity index (χ1v) is 4.32. The fourth-order valence-electron chi connectivity index (χ4n) is 0.650. The largest absolute Gasteiger partial charge is 0.391 e. The first kappa shape index (κ1) is 14.2. The average molecular weight is 231 g/mol. The molecule has 0 fully saturated rings. The van der Waals surface area contributed by atoms with E-state index >= 15 is 0 Å². The molecule has 3 nitrogen and oxygen atoms in total. The van der Waals surface area contributed by atoms with Crippen LogP contribution >= 0.6 is 0 Å². The molecule has 2 N–H and O–H groups in total. The number of halogens is 4. The van der Waals surface area contributed by atoms with Crippen LogP contribution < -0.4 is 5.32 Å². The molecule has 0 spiro atoms. The van der Waals surface area contributed by atoms with Gasteiger partial charge in [0.2, 0.25) is 0 Å². The van der Waals surface area contributed by atoms with E-state index in [0.717, 1.165) is 0 Å². The van der Waals surface area contributed by atoms with Gasteiger partial charge in [-0.3, -0.25) is 4.79 Å². The van der Waals surface area contributed by atoms with Gasteiger partial charge in [-0.25, -0.2) is 8.78 Å². The maximum atomic E-state index is 12.3. The molecular formula is C8H13F4NO2. The molecule has 0 heterocycles. The van der Waals surface area contributed by atoms with Gasteiger partial charge in [-0.05, 0) is 5.92 Å². The number of aliphatic hydroxyl groups excluding tert-OH is 1. The summed E-state index contributed by atoms with van der Waals surface area (Å²) in [5.74, 6) is -7.04. The molecule has 0 aliphatic carbocycles. The Hall–Kier alpha value is -0.850. The number of hydrogen-bond donors (Lipinski definition) is 2. The van der Waals surface area contributed by atoms with Crippen LogP contribution in [0.25, 0.3) is 0 Å². The quantitative estimate of drug-likeness (QED) is 0.694. The summed E-state index contributed by atoms with van der Waals surface area (Å²) in [6.07, 6.45) is -5.09. The third-order valence-corrected chi connectivity index (χ3v) is 1.82. The molecule has 0 radical (unpaired) electrons. The summed E-state index contributed by atoms with van der Waals surface area (Å²) in [5, 5.41) is 10.7.